The molecule has 5 heteroatoms. The molecule has 1 aromatic heterocycles. The first-order chi connectivity index (χ1) is 10.8. The number of hydrogen-bond acceptors (Lipinski definition) is 3. The normalized spacial score (nSPS) is 11.0. The van der Waals surface area contributed by atoms with Crippen molar-refractivity contribution in [2.75, 3.05) is 0 Å². The van der Waals surface area contributed by atoms with Gasteiger partial charge in [-0.3, -0.25) is 0 Å². The summed E-state index contributed by atoms with van der Waals surface area (Å²) in [5.74, 6) is -0.605. The Balaban J connectivity index is 2.66. The maximum absolute atomic E-state index is 11.8. The van der Waals surface area contributed by atoms with Crippen LogP contribution in [0.2, 0.25) is 0 Å². The second-order valence-electron chi connectivity index (χ2n) is 6.34. The average Bonchev–Trinajstić information content (AvgIpc) is 2.86. The van der Waals surface area contributed by atoms with Crippen LogP contribution in [-0.4, -0.2) is 20.9 Å². The van der Waals surface area contributed by atoms with Crippen molar-refractivity contribution in [3.63, 3.8) is 0 Å². The van der Waals surface area contributed by atoms with Crippen molar-refractivity contribution in [2.24, 2.45) is 5.92 Å². The number of carboxylic acid groups (broad SMARTS) is 1. The van der Waals surface area contributed by atoms with E-state index in [1.807, 2.05) is 27.7 Å². The Hall–Kier alpha value is -2.61. The fraction of sp³-hybridized carbons (Fsp3) is 0.389. The Morgan fingerprint density at radius 3 is 2.30 bits per heavy atom. The predicted molar refractivity (Wildman–Crippen MR) is 87.9 cm³/mol. The first kappa shape index (κ1) is 16.8. The van der Waals surface area contributed by atoms with Crippen molar-refractivity contribution in [1.82, 2.24) is 9.78 Å². The van der Waals surface area contributed by atoms with E-state index in [0.29, 0.717) is 34.9 Å². The first-order valence-corrected chi connectivity index (χ1v) is 7.70. The maximum atomic E-state index is 11.8. The largest absolute Gasteiger partial charge is 0.478 e. The average molecular weight is 311 g/mol. The summed E-state index contributed by atoms with van der Waals surface area (Å²) in [6, 6.07) is 9.09. The van der Waals surface area contributed by atoms with Gasteiger partial charge in [-0.2, -0.15) is 10.4 Å². The van der Waals surface area contributed by atoms with E-state index in [-0.39, 0.29) is 5.92 Å². The van der Waals surface area contributed by atoms with Crippen molar-refractivity contribution in [3.8, 4) is 11.8 Å². The summed E-state index contributed by atoms with van der Waals surface area (Å²) < 4.78 is 1.70. The molecule has 5 nitrogen and oxygen atoms in total. The minimum absolute atomic E-state index is 0.0187. The molecule has 0 unspecified atom stereocenters. The number of aromatic carboxylic acids is 1. The molecule has 0 saturated carbocycles. The highest BCUT2D eigenvalue weighted by Crippen LogP contribution is 2.27. The number of carboxylic acids is 1. The first-order valence-electron chi connectivity index (χ1n) is 7.70. The lowest BCUT2D eigenvalue weighted by Crippen LogP contribution is -2.09. The molecule has 0 fully saturated rings. The maximum Gasteiger partial charge on any atom is 0.339 e. The van der Waals surface area contributed by atoms with Gasteiger partial charge >= 0.3 is 5.97 Å². The van der Waals surface area contributed by atoms with E-state index in [1.54, 1.807) is 28.9 Å². The van der Waals surface area contributed by atoms with E-state index in [2.05, 4.69) is 11.2 Å². The fourth-order valence-corrected chi connectivity index (χ4v) is 2.65. The number of rotatable bonds is 5. The molecule has 23 heavy (non-hydrogen) atoms. The Bertz CT molecular complexity index is 750. The molecular weight excluding hydrogens is 290 g/mol. The Morgan fingerprint density at radius 2 is 1.87 bits per heavy atom. The van der Waals surface area contributed by atoms with Crippen LogP contribution < -0.4 is 0 Å². The summed E-state index contributed by atoms with van der Waals surface area (Å²) >= 11 is 0. The van der Waals surface area contributed by atoms with E-state index in [9.17, 15) is 9.90 Å². The van der Waals surface area contributed by atoms with Gasteiger partial charge in [0.2, 0.25) is 0 Å². The van der Waals surface area contributed by atoms with Crippen LogP contribution in [0.3, 0.4) is 0 Å². The minimum atomic E-state index is -0.941. The van der Waals surface area contributed by atoms with Crippen LogP contribution >= 0.6 is 0 Å². The summed E-state index contributed by atoms with van der Waals surface area (Å²) in [7, 11) is 0. The number of benzene rings is 1. The zero-order chi connectivity index (χ0) is 17.1. The zero-order valence-electron chi connectivity index (χ0n) is 13.9. The quantitative estimate of drug-likeness (QED) is 0.911. The summed E-state index contributed by atoms with van der Waals surface area (Å²) in [6.07, 6.45) is 0.616. The Kier molecular flexibility index (Phi) is 4.85. The Morgan fingerprint density at radius 1 is 1.26 bits per heavy atom. The van der Waals surface area contributed by atoms with Gasteiger partial charge in [0.1, 0.15) is 5.56 Å². The molecule has 1 N–H and O–H groups in total. The van der Waals surface area contributed by atoms with Crippen molar-refractivity contribution >= 4 is 5.97 Å². The SMILES string of the molecule is CC(C)Cc1nn(-c2ccc(C#N)cc2)c(C(C)C)c1C(=O)O. The lowest BCUT2D eigenvalue weighted by atomic mass is 9.99. The van der Waals surface area contributed by atoms with Gasteiger partial charge in [-0.1, -0.05) is 27.7 Å². The Labute approximate surface area is 136 Å². The highest BCUT2D eigenvalue weighted by atomic mass is 16.4. The number of carbonyl (C=O) groups is 1. The second-order valence-corrected chi connectivity index (χ2v) is 6.34. The van der Waals surface area contributed by atoms with Gasteiger partial charge in [0.25, 0.3) is 0 Å². The molecule has 120 valence electrons. The van der Waals surface area contributed by atoms with Crippen LogP contribution in [0.1, 0.15) is 60.9 Å². The van der Waals surface area contributed by atoms with Crippen molar-refractivity contribution in [1.29, 1.82) is 5.26 Å². The topological polar surface area (TPSA) is 78.9 Å². The standard InChI is InChI=1S/C18H21N3O2/c1-11(2)9-15-16(18(22)23)17(12(3)4)21(20-15)14-7-5-13(10-19)6-8-14/h5-8,11-12H,9H2,1-4H3,(H,22,23). The monoisotopic (exact) mass is 311 g/mol. The minimum Gasteiger partial charge on any atom is -0.478 e. The summed E-state index contributed by atoms with van der Waals surface area (Å²) in [4.78, 5) is 11.8. The fourth-order valence-electron chi connectivity index (χ4n) is 2.65. The van der Waals surface area contributed by atoms with Crippen LogP contribution in [0.5, 0.6) is 0 Å². The smallest absolute Gasteiger partial charge is 0.339 e. The number of hydrogen-bond donors (Lipinski definition) is 1. The number of nitriles is 1. The molecule has 0 saturated heterocycles. The lowest BCUT2D eigenvalue weighted by Gasteiger charge is -2.11. The molecule has 0 amide bonds. The van der Waals surface area contributed by atoms with Crippen molar-refractivity contribution in [2.45, 2.75) is 40.0 Å². The molecule has 0 atom stereocenters. The molecule has 1 aromatic carbocycles. The van der Waals surface area contributed by atoms with Crippen LogP contribution in [0.4, 0.5) is 0 Å². The number of aromatic nitrogens is 2. The van der Waals surface area contributed by atoms with Gasteiger partial charge < -0.3 is 5.11 Å². The van der Waals surface area contributed by atoms with E-state index in [4.69, 9.17) is 5.26 Å². The van der Waals surface area contributed by atoms with Crippen LogP contribution in [-0.2, 0) is 6.42 Å². The van der Waals surface area contributed by atoms with Crippen LogP contribution in [0.15, 0.2) is 24.3 Å². The predicted octanol–water partition coefficient (Wildman–Crippen LogP) is 3.76. The van der Waals surface area contributed by atoms with Gasteiger partial charge in [0.15, 0.2) is 0 Å². The zero-order valence-corrected chi connectivity index (χ0v) is 13.9. The lowest BCUT2D eigenvalue weighted by molar-refractivity contribution is 0.0694. The molecule has 1 heterocycles. The van der Waals surface area contributed by atoms with Gasteiger partial charge in [0.05, 0.1) is 28.7 Å². The van der Waals surface area contributed by atoms with Crippen LogP contribution in [0, 0.1) is 17.2 Å². The molecule has 0 aliphatic rings. The van der Waals surface area contributed by atoms with E-state index >= 15 is 0 Å². The van der Waals surface area contributed by atoms with Gasteiger partial charge in [-0.15, -0.1) is 0 Å². The highest BCUT2D eigenvalue weighted by molar-refractivity contribution is 5.90. The molecule has 2 rings (SSSR count). The van der Waals surface area contributed by atoms with Crippen molar-refractivity contribution < 1.29 is 9.90 Å². The molecule has 0 aliphatic heterocycles. The molecule has 2 aromatic rings. The van der Waals surface area contributed by atoms with Crippen molar-refractivity contribution in [3.05, 3.63) is 46.8 Å². The summed E-state index contributed by atoms with van der Waals surface area (Å²) in [5, 5.41) is 23.1. The van der Waals surface area contributed by atoms with E-state index in [1.165, 1.54) is 0 Å². The molecular formula is C18H21N3O2. The van der Waals surface area contributed by atoms with E-state index < -0.39 is 5.97 Å². The highest BCUT2D eigenvalue weighted by Gasteiger charge is 2.26. The summed E-state index contributed by atoms with van der Waals surface area (Å²) in [5.41, 5.74) is 2.94. The molecule has 0 aliphatic carbocycles. The summed E-state index contributed by atoms with van der Waals surface area (Å²) in [6.45, 7) is 8.01. The second kappa shape index (κ2) is 6.66. The third-order valence-corrected chi connectivity index (χ3v) is 3.60. The van der Waals surface area contributed by atoms with E-state index in [0.717, 1.165) is 5.69 Å². The third kappa shape index (κ3) is 3.42. The number of nitrogens with zero attached hydrogens (tertiary/aromatic N) is 3. The molecule has 0 bridgehead atoms. The molecule has 0 radical (unpaired) electrons. The van der Waals surface area contributed by atoms with Gasteiger partial charge in [0, 0.05) is 0 Å². The third-order valence-electron chi connectivity index (χ3n) is 3.60. The van der Waals surface area contributed by atoms with Gasteiger partial charge in [-0.05, 0) is 42.5 Å². The molecule has 0 spiro atoms. The van der Waals surface area contributed by atoms with Crippen LogP contribution in [0.25, 0.3) is 5.69 Å². The van der Waals surface area contributed by atoms with Gasteiger partial charge in [-0.25, -0.2) is 9.48 Å².